The van der Waals surface area contributed by atoms with Crippen LogP contribution in [0, 0.1) is 0 Å². The molecule has 4 atom stereocenters. The van der Waals surface area contributed by atoms with E-state index in [1.807, 2.05) is 61.7 Å². The van der Waals surface area contributed by atoms with Crippen LogP contribution >= 0.6 is 0 Å². The lowest BCUT2D eigenvalue weighted by atomic mass is 9.49. The fourth-order valence-corrected chi connectivity index (χ4v) is 4.72. The number of aromatic nitrogens is 4. The lowest BCUT2D eigenvalue weighted by Crippen LogP contribution is -2.40. The van der Waals surface area contributed by atoms with Crippen molar-refractivity contribution < 1.29 is 0 Å². The Balaban J connectivity index is 1.67. The average molecular weight is 364 g/mol. The van der Waals surface area contributed by atoms with E-state index in [1.165, 1.54) is 22.3 Å². The quantitative estimate of drug-likeness (QED) is 0.526. The van der Waals surface area contributed by atoms with Crippen molar-refractivity contribution in [1.29, 1.82) is 0 Å². The Hall–Kier alpha value is -3.40. The third kappa shape index (κ3) is 2.87. The predicted molar refractivity (Wildman–Crippen MR) is 108 cm³/mol. The van der Waals surface area contributed by atoms with Gasteiger partial charge in [0.1, 0.15) is 0 Å². The zero-order valence-electron chi connectivity index (χ0n) is 15.3. The van der Waals surface area contributed by atoms with Gasteiger partial charge in [-0.3, -0.25) is 19.9 Å². The molecular weight excluding hydrogens is 344 g/mol. The van der Waals surface area contributed by atoms with Crippen LogP contribution in [0.4, 0.5) is 0 Å². The number of pyridine rings is 4. The van der Waals surface area contributed by atoms with Gasteiger partial charge in [-0.15, -0.1) is 0 Å². The highest BCUT2D eigenvalue weighted by atomic mass is 14.7. The fraction of sp³-hybridized carbons (Fsp3) is 0.167. The van der Waals surface area contributed by atoms with Crippen LogP contribution in [0.15, 0.2) is 98.1 Å². The lowest BCUT2D eigenvalue weighted by molar-refractivity contribution is 0.228. The maximum atomic E-state index is 4.40. The van der Waals surface area contributed by atoms with E-state index in [1.54, 1.807) is 0 Å². The molecular formula is C24H20N4. The van der Waals surface area contributed by atoms with Gasteiger partial charge in [0.2, 0.25) is 0 Å². The molecule has 136 valence electrons. The molecule has 0 aliphatic heterocycles. The first-order chi connectivity index (χ1) is 13.9. The zero-order valence-corrected chi connectivity index (χ0v) is 15.3. The molecule has 0 spiro atoms. The third-order valence-corrected chi connectivity index (χ3v) is 5.87. The smallest absolute Gasteiger partial charge is 0.0303 e. The van der Waals surface area contributed by atoms with Crippen molar-refractivity contribution in [3.05, 3.63) is 120 Å². The number of hydrogen-bond donors (Lipinski definition) is 0. The second-order valence-corrected chi connectivity index (χ2v) is 7.24. The summed E-state index contributed by atoms with van der Waals surface area (Å²) in [7, 11) is 0. The molecule has 0 amide bonds. The van der Waals surface area contributed by atoms with Gasteiger partial charge >= 0.3 is 0 Å². The lowest BCUT2D eigenvalue weighted by Gasteiger charge is -2.53. The van der Waals surface area contributed by atoms with Crippen molar-refractivity contribution in [3.63, 3.8) is 0 Å². The summed E-state index contributed by atoms with van der Waals surface area (Å²) in [6.07, 6.45) is 15.2. The largest absolute Gasteiger partial charge is 0.265 e. The van der Waals surface area contributed by atoms with Crippen LogP contribution < -0.4 is 0 Å². The average Bonchev–Trinajstić information content (AvgIpc) is 2.76. The normalized spacial score (nSPS) is 23.7. The first-order valence-corrected chi connectivity index (χ1v) is 9.53. The molecule has 5 rings (SSSR count). The molecule has 1 aliphatic carbocycles. The third-order valence-electron chi connectivity index (χ3n) is 5.87. The van der Waals surface area contributed by atoms with Gasteiger partial charge in [-0.05, 0) is 70.5 Å². The fourth-order valence-electron chi connectivity index (χ4n) is 4.72. The van der Waals surface area contributed by atoms with Gasteiger partial charge in [-0.2, -0.15) is 0 Å². The predicted octanol–water partition coefficient (Wildman–Crippen LogP) is 4.72. The van der Waals surface area contributed by atoms with Crippen molar-refractivity contribution in [2.45, 2.75) is 23.7 Å². The van der Waals surface area contributed by atoms with Gasteiger partial charge in [0.15, 0.2) is 0 Å². The summed E-state index contributed by atoms with van der Waals surface area (Å²) in [5.41, 5.74) is 5.16. The monoisotopic (exact) mass is 364 g/mol. The van der Waals surface area contributed by atoms with E-state index in [2.05, 4.69) is 56.3 Å². The van der Waals surface area contributed by atoms with E-state index in [9.17, 15) is 0 Å². The Kier molecular flexibility index (Phi) is 4.37. The number of rotatable bonds is 4. The van der Waals surface area contributed by atoms with Crippen molar-refractivity contribution in [3.8, 4) is 0 Å². The summed E-state index contributed by atoms with van der Waals surface area (Å²) in [6, 6.07) is 17.0. The van der Waals surface area contributed by atoms with Gasteiger partial charge in [-0.25, -0.2) is 0 Å². The first kappa shape index (κ1) is 16.8. The summed E-state index contributed by atoms with van der Waals surface area (Å²) in [6.45, 7) is 0. The van der Waals surface area contributed by atoms with E-state index in [0.29, 0.717) is 23.7 Å². The van der Waals surface area contributed by atoms with Crippen LogP contribution in [0.1, 0.15) is 45.9 Å². The van der Waals surface area contributed by atoms with Crippen LogP contribution in [0.3, 0.4) is 0 Å². The molecule has 1 fully saturated rings. The highest BCUT2D eigenvalue weighted by Gasteiger charge is 2.52. The molecule has 1 aliphatic rings. The maximum Gasteiger partial charge on any atom is 0.0303 e. The van der Waals surface area contributed by atoms with Crippen LogP contribution in [-0.4, -0.2) is 19.9 Å². The molecule has 0 unspecified atom stereocenters. The molecule has 28 heavy (non-hydrogen) atoms. The zero-order chi connectivity index (χ0) is 18.8. The maximum absolute atomic E-state index is 4.40. The van der Waals surface area contributed by atoms with Crippen LogP contribution in [0.2, 0.25) is 0 Å². The second kappa shape index (κ2) is 7.31. The number of nitrogens with zero attached hydrogens (tertiary/aromatic N) is 4. The van der Waals surface area contributed by atoms with E-state index >= 15 is 0 Å². The van der Waals surface area contributed by atoms with Crippen LogP contribution in [-0.2, 0) is 0 Å². The molecule has 4 nitrogen and oxygen atoms in total. The van der Waals surface area contributed by atoms with E-state index in [0.717, 1.165) is 0 Å². The molecule has 0 N–H and O–H groups in total. The first-order valence-electron chi connectivity index (χ1n) is 9.53. The molecule has 4 aromatic rings. The number of hydrogen-bond acceptors (Lipinski definition) is 4. The standard InChI is InChI=1S/C24H20N4/c1-3-19(15-27-9-1)23-21(17-5-11-25-12-6-17)22(18-7-13-26-14-8-18)24(23)20-4-2-10-28-16-20/h1-16,21-24H/t21-,22+,23+,24-. The van der Waals surface area contributed by atoms with Gasteiger partial charge < -0.3 is 0 Å². The van der Waals surface area contributed by atoms with Gasteiger partial charge in [0.05, 0.1) is 0 Å². The Morgan fingerprint density at radius 1 is 0.393 bits per heavy atom. The summed E-state index contributed by atoms with van der Waals surface area (Å²) < 4.78 is 0. The molecule has 0 aromatic carbocycles. The van der Waals surface area contributed by atoms with Crippen molar-refractivity contribution in [2.24, 2.45) is 0 Å². The van der Waals surface area contributed by atoms with Crippen LogP contribution in [0.25, 0.3) is 0 Å². The van der Waals surface area contributed by atoms with E-state index in [-0.39, 0.29) is 0 Å². The summed E-state index contributed by atoms with van der Waals surface area (Å²) in [4.78, 5) is 17.3. The van der Waals surface area contributed by atoms with Gasteiger partial charge in [-0.1, -0.05) is 12.1 Å². The SMILES string of the molecule is c1cncc([C@@H]2[C@@H](c3ccncc3)[C@@H](c3ccncc3)[C@@H]2c2cccnc2)c1. The second-order valence-electron chi connectivity index (χ2n) is 7.24. The molecule has 0 saturated heterocycles. The topological polar surface area (TPSA) is 51.6 Å². The minimum Gasteiger partial charge on any atom is -0.265 e. The minimum absolute atomic E-state index is 0.332. The van der Waals surface area contributed by atoms with Crippen LogP contribution in [0.5, 0.6) is 0 Å². The Labute approximate surface area is 164 Å². The van der Waals surface area contributed by atoms with Crippen molar-refractivity contribution >= 4 is 0 Å². The Morgan fingerprint density at radius 3 is 1.14 bits per heavy atom. The van der Waals surface area contributed by atoms with Crippen molar-refractivity contribution in [1.82, 2.24) is 19.9 Å². The molecule has 4 heterocycles. The van der Waals surface area contributed by atoms with E-state index < -0.39 is 0 Å². The van der Waals surface area contributed by atoms with Gasteiger partial charge in [0.25, 0.3) is 0 Å². The molecule has 4 aromatic heterocycles. The highest BCUT2D eigenvalue weighted by molar-refractivity contribution is 5.46. The van der Waals surface area contributed by atoms with E-state index in [4.69, 9.17) is 0 Å². The Bertz CT molecular complexity index is 841. The molecule has 4 heteroatoms. The summed E-state index contributed by atoms with van der Waals surface area (Å²) in [5.74, 6) is 1.36. The van der Waals surface area contributed by atoms with Gasteiger partial charge in [0, 0.05) is 61.4 Å². The molecule has 0 radical (unpaired) electrons. The highest BCUT2D eigenvalue weighted by Crippen LogP contribution is 2.66. The summed E-state index contributed by atoms with van der Waals surface area (Å²) >= 11 is 0. The molecule has 1 saturated carbocycles. The minimum atomic E-state index is 0.332. The Morgan fingerprint density at radius 2 is 0.786 bits per heavy atom. The summed E-state index contributed by atoms with van der Waals surface area (Å²) in [5, 5.41) is 0. The molecule has 0 bridgehead atoms. The van der Waals surface area contributed by atoms with Crippen molar-refractivity contribution in [2.75, 3.05) is 0 Å².